The molecule has 0 aromatic heterocycles. The summed E-state index contributed by atoms with van der Waals surface area (Å²) in [5.41, 5.74) is 14.3. The molecule has 0 rings (SSSR count). The Morgan fingerprint density at radius 2 is 0.692 bits per heavy atom. The van der Waals surface area contributed by atoms with E-state index in [2.05, 4.69) is 0 Å². The van der Waals surface area contributed by atoms with Crippen molar-refractivity contribution in [1.29, 1.82) is 0 Å². The SMILES string of the molecule is NCCO.NCCO.NCCO.[Au]. The van der Waals surface area contributed by atoms with Crippen LogP contribution in [0.4, 0.5) is 0 Å². The van der Waals surface area contributed by atoms with E-state index in [4.69, 9.17) is 32.5 Å². The van der Waals surface area contributed by atoms with Crippen LogP contribution in [0.5, 0.6) is 0 Å². The quantitative estimate of drug-likeness (QED) is 0.285. The summed E-state index contributed by atoms with van der Waals surface area (Å²) in [5, 5.41) is 23.2. The molecule has 0 aliphatic carbocycles. The molecule has 7 heteroatoms. The maximum absolute atomic E-state index is 7.75. The van der Waals surface area contributed by atoms with Crippen LogP contribution in [-0.2, 0) is 22.4 Å². The van der Waals surface area contributed by atoms with Crippen LogP contribution < -0.4 is 17.2 Å². The van der Waals surface area contributed by atoms with Crippen molar-refractivity contribution in [3.63, 3.8) is 0 Å². The summed E-state index contributed by atoms with van der Waals surface area (Å²) in [6, 6.07) is 0. The van der Waals surface area contributed by atoms with Gasteiger partial charge in [-0.05, 0) is 0 Å². The Bertz CT molecular complexity index is 38.6. The van der Waals surface area contributed by atoms with E-state index < -0.39 is 0 Å². The number of aliphatic hydroxyl groups excluding tert-OH is 3. The molecule has 0 saturated carbocycles. The molecule has 1 radical (unpaired) electrons. The third-order valence-electron chi connectivity index (χ3n) is 0.387. The summed E-state index contributed by atoms with van der Waals surface area (Å²) in [5.74, 6) is 0. The predicted octanol–water partition coefficient (Wildman–Crippen LogP) is -3.19. The third-order valence-corrected chi connectivity index (χ3v) is 0.387. The summed E-state index contributed by atoms with van der Waals surface area (Å²) >= 11 is 0. The van der Waals surface area contributed by atoms with Crippen molar-refractivity contribution < 1.29 is 37.7 Å². The van der Waals surface area contributed by atoms with Crippen LogP contribution >= 0.6 is 0 Å². The second kappa shape index (κ2) is 39.1. The van der Waals surface area contributed by atoms with E-state index >= 15 is 0 Å². The molecule has 0 spiro atoms. The molecule has 89 valence electrons. The summed E-state index contributed by atoms with van der Waals surface area (Å²) in [4.78, 5) is 0. The van der Waals surface area contributed by atoms with Gasteiger partial charge in [-0.25, -0.2) is 0 Å². The zero-order valence-electron chi connectivity index (χ0n) is 7.62. The van der Waals surface area contributed by atoms with E-state index in [1.54, 1.807) is 0 Å². The first-order chi connectivity index (χ1) is 5.74. The Hall–Kier alpha value is 0.500. The van der Waals surface area contributed by atoms with Gasteiger partial charge in [0.15, 0.2) is 0 Å². The van der Waals surface area contributed by atoms with Gasteiger partial charge in [0, 0.05) is 42.0 Å². The standard InChI is InChI=1S/3C2H7NO.Au/c3*3-1-2-4;/h3*4H,1-3H2;. The number of hydrogen-bond acceptors (Lipinski definition) is 6. The van der Waals surface area contributed by atoms with Crippen LogP contribution in [0.25, 0.3) is 0 Å². The minimum absolute atomic E-state index is 0. The number of nitrogens with two attached hydrogens (primary N) is 3. The van der Waals surface area contributed by atoms with Crippen molar-refractivity contribution in [2.45, 2.75) is 0 Å². The van der Waals surface area contributed by atoms with E-state index in [1.165, 1.54) is 0 Å². The van der Waals surface area contributed by atoms with E-state index in [1.807, 2.05) is 0 Å². The van der Waals surface area contributed by atoms with Crippen LogP contribution in [0, 0.1) is 0 Å². The fourth-order valence-electron chi connectivity index (χ4n) is 0. The average molecular weight is 380 g/mol. The smallest absolute Gasteiger partial charge is 0.0553 e. The van der Waals surface area contributed by atoms with Gasteiger partial charge in [0.1, 0.15) is 0 Å². The molecule has 0 saturated heterocycles. The van der Waals surface area contributed by atoms with Gasteiger partial charge in [-0.15, -0.1) is 0 Å². The number of hydrogen-bond donors (Lipinski definition) is 6. The van der Waals surface area contributed by atoms with Gasteiger partial charge < -0.3 is 32.5 Å². The molecule has 0 aromatic rings. The summed E-state index contributed by atoms with van der Waals surface area (Å²) in [6.45, 7) is 1.42. The van der Waals surface area contributed by atoms with Crippen molar-refractivity contribution in [2.75, 3.05) is 39.5 Å². The predicted molar refractivity (Wildman–Crippen MR) is 48.4 cm³/mol. The van der Waals surface area contributed by atoms with E-state index in [-0.39, 0.29) is 42.2 Å². The van der Waals surface area contributed by atoms with Gasteiger partial charge in [-0.3, -0.25) is 0 Å². The molecule has 0 atom stereocenters. The zero-order chi connectivity index (χ0) is 10.2. The minimum atomic E-state index is 0. The molecule has 0 bridgehead atoms. The Morgan fingerprint density at radius 3 is 0.692 bits per heavy atom. The maximum Gasteiger partial charge on any atom is 0.0553 e. The van der Waals surface area contributed by atoms with E-state index in [0.29, 0.717) is 19.6 Å². The van der Waals surface area contributed by atoms with Crippen LogP contribution in [0.1, 0.15) is 0 Å². The topological polar surface area (TPSA) is 139 Å². The van der Waals surface area contributed by atoms with Crippen LogP contribution in [0.3, 0.4) is 0 Å². The van der Waals surface area contributed by atoms with E-state index in [9.17, 15) is 0 Å². The molecule has 0 aliphatic heterocycles. The molecule has 0 unspecified atom stereocenters. The first-order valence-corrected chi connectivity index (χ1v) is 3.67. The third kappa shape index (κ3) is 112. The monoisotopic (exact) mass is 380 g/mol. The minimum Gasteiger partial charge on any atom is -0.395 e. The van der Waals surface area contributed by atoms with Gasteiger partial charge >= 0.3 is 0 Å². The Labute approximate surface area is 94.6 Å². The molecule has 0 amide bonds. The fourth-order valence-corrected chi connectivity index (χ4v) is 0. The molecule has 0 heterocycles. The first-order valence-electron chi connectivity index (χ1n) is 3.67. The second-order valence-electron chi connectivity index (χ2n) is 1.54. The largest absolute Gasteiger partial charge is 0.395 e. The molecule has 0 fully saturated rings. The summed E-state index contributed by atoms with van der Waals surface area (Å²) < 4.78 is 0. The molecular weight excluding hydrogens is 359 g/mol. The van der Waals surface area contributed by atoms with Gasteiger partial charge in [0.05, 0.1) is 19.8 Å². The van der Waals surface area contributed by atoms with Crippen LogP contribution in [-0.4, -0.2) is 54.8 Å². The van der Waals surface area contributed by atoms with Crippen LogP contribution in [0.2, 0.25) is 0 Å². The van der Waals surface area contributed by atoms with Gasteiger partial charge in [0.2, 0.25) is 0 Å². The summed E-state index contributed by atoms with van der Waals surface area (Å²) in [6.07, 6.45) is 0. The van der Waals surface area contributed by atoms with Crippen molar-refractivity contribution in [3.05, 3.63) is 0 Å². The van der Waals surface area contributed by atoms with E-state index in [0.717, 1.165) is 0 Å². The fraction of sp³-hybridized carbons (Fsp3) is 1.00. The Kier molecular flexibility index (Phi) is 70.3. The van der Waals surface area contributed by atoms with Crippen molar-refractivity contribution in [1.82, 2.24) is 0 Å². The van der Waals surface area contributed by atoms with Crippen molar-refractivity contribution >= 4 is 0 Å². The normalized spacial score (nSPS) is 6.92. The number of aliphatic hydroxyl groups is 3. The second-order valence-corrected chi connectivity index (χ2v) is 1.54. The van der Waals surface area contributed by atoms with Gasteiger partial charge in [-0.1, -0.05) is 0 Å². The molecular formula is C6H21AuN3O3. The molecule has 6 nitrogen and oxygen atoms in total. The van der Waals surface area contributed by atoms with Gasteiger partial charge in [-0.2, -0.15) is 0 Å². The average Bonchev–Trinajstić information content (AvgIpc) is 2.18. The zero-order valence-corrected chi connectivity index (χ0v) is 9.78. The molecule has 13 heavy (non-hydrogen) atoms. The molecule has 9 N–H and O–H groups in total. The summed E-state index contributed by atoms with van der Waals surface area (Å²) in [7, 11) is 0. The van der Waals surface area contributed by atoms with Crippen LogP contribution in [0.15, 0.2) is 0 Å². The van der Waals surface area contributed by atoms with Crippen molar-refractivity contribution in [2.24, 2.45) is 17.2 Å². The Balaban J connectivity index is -0.0000000450. The molecule has 0 aliphatic rings. The van der Waals surface area contributed by atoms with Crippen molar-refractivity contribution in [3.8, 4) is 0 Å². The van der Waals surface area contributed by atoms with Gasteiger partial charge in [0.25, 0.3) is 0 Å². The first kappa shape index (κ1) is 23.4. The molecule has 0 aromatic carbocycles. The Morgan fingerprint density at radius 1 is 0.615 bits per heavy atom. The number of rotatable bonds is 3. The maximum atomic E-state index is 7.75.